The molecule has 152 valence electrons. The zero-order chi connectivity index (χ0) is 21.1. The molecule has 9 heteroatoms. The molecule has 8 nitrogen and oxygen atoms in total. The van der Waals surface area contributed by atoms with Crippen molar-refractivity contribution in [3.8, 4) is 22.6 Å². The number of nitrogens with two attached hydrogens (primary N) is 2. The summed E-state index contributed by atoms with van der Waals surface area (Å²) in [4.78, 5) is 16.8. The highest BCUT2D eigenvalue weighted by molar-refractivity contribution is 7.94. The van der Waals surface area contributed by atoms with Crippen molar-refractivity contribution in [3.63, 3.8) is 0 Å². The Kier molecular flexibility index (Phi) is 5.68. The summed E-state index contributed by atoms with van der Waals surface area (Å²) in [6.45, 7) is 0. The Hall–Kier alpha value is -3.37. The van der Waals surface area contributed by atoms with Crippen LogP contribution in [-0.4, -0.2) is 22.8 Å². The molecule has 0 radical (unpaired) electrons. The fourth-order valence-corrected chi connectivity index (χ4v) is 3.54. The van der Waals surface area contributed by atoms with E-state index in [-0.39, 0.29) is 5.69 Å². The number of carbonyl (C=O) groups excluding carboxylic acids is 1. The number of aromatic nitrogens is 2. The van der Waals surface area contributed by atoms with Crippen LogP contribution in [0.2, 0.25) is 0 Å². The fourth-order valence-electron chi connectivity index (χ4n) is 3.18. The quantitative estimate of drug-likeness (QED) is 0.265. The van der Waals surface area contributed by atoms with E-state index < -0.39 is 5.91 Å². The van der Waals surface area contributed by atoms with E-state index in [0.29, 0.717) is 5.39 Å². The lowest BCUT2D eigenvalue weighted by Gasteiger charge is -2.08. The predicted molar refractivity (Wildman–Crippen MR) is 114 cm³/mol. The number of fused-ring (bicyclic) bond motifs is 1. The van der Waals surface area contributed by atoms with Gasteiger partial charge in [0.2, 0.25) is 0 Å². The molecule has 0 saturated carbocycles. The molecule has 0 fully saturated rings. The van der Waals surface area contributed by atoms with Gasteiger partial charge in [-0.05, 0) is 59.7 Å². The first-order chi connectivity index (χ1) is 14.6. The van der Waals surface area contributed by atoms with Crippen LogP contribution < -0.4 is 16.4 Å². The minimum absolute atomic E-state index is 0.209. The van der Waals surface area contributed by atoms with Gasteiger partial charge in [0.15, 0.2) is 5.69 Å². The van der Waals surface area contributed by atoms with Gasteiger partial charge in [-0.25, -0.2) is 4.68 Å². The molecule has 0 atom stereocenters. The van der Waals surface area contributed by atoms with Crippen molar-refractivity contribution in [2.24, 2.45) is 11.6 Å². The number of hydrogen-bond acceptors (Lipinski definition) is 7. The van der Waals surface area contributed by atoms with Crippen LogP contribution in [0.4, 0.5) is 0 Å². The van der Waals surface area contributed by atoms with Crippen LogP contribution in [0.5, 0.6) is 5.75 Å². The Bertz CT molecular complexity index is 1210. The molecule has 1 heterocycles. The Labute approximate surface area is 176 Å². The summed E-state index contributed by atoms with van der Waals surface area (Å²) < 4.78 is 11.7. The predicted octanol–water partition coefficient (Wildman–Crippen LogP) is 3.63. The van der Waals surface area contributed by atoms with Crippen molar-refractivity contribution in [2.75, 3.05) is 7.11 Å². The highest BCUT2D eigenvalue weighted by atomic mass is 32.2. The number of nitrogens with zero attached hydrogens (tertiary/aromatic N) is 2. The van der Waals surface area contributed by atoms with Crippen LogP contribution in [-0.2, 0) is 9.32 Å². The Morgan fingerprint density at radius 1 is 1.03 bits per heavy atom. The molecule has 0 bridgehead atoms. The Morgan fingerprint density at radius 2 is 1.80 bits per heavy atom. The third kappa shape index (κ3) is 3.87. The number of rotatable bonds is 7. The highest BCUT2D eigenvalue weighted by Gasteiger charge is 2.17. The Balaban J connectivity index is 1.83. The van der Waals surface area contributed by atoms with E-state index in [0.717, 1.165) is 45.0 Å². The second-order valence-electron chi connectivity index (χ2n) is 6.33. The van der Waals surface area contributed by atoms with Gasteiger partial charge in [0.25, 0.3) is 5.91 Å². The van der Waals surface area contributed by atoms with Crippen LogP contribution in [0.15, 0.2) is 71.6 Å². The first-order valence-corrected chi connectivity index (χ1v) is 9.62. The van der Waals surface area contributed by atoms with Crippen molar-refractivity contribution in [1.29, 1.82) is 0 Å². The third-order valence-corrected chi connectivity index (χ3v) is 5.18. The number of hydrogen-bond donors (Lipinski definition) is 2. The molecule has 0 saturated heterocycles. The molecule has 0 aliphatic heterocycles. The first kappa shape index (κ1) is 19.9. The summed E-state index contributed by atoms with van der Waals surface area (Å²) in [6, 6.07) is 20.8. The smallest absolute Gasteiger partial charge is 0.269 e. The second kappa shape index (κ2) is 8.56. The average molecular weight is 422 g/mol. The van der Waals surface area contributed by atoms with Gasteiger partial charge in [0.05, 0.1) is 30.4 Å². The van der Waals surface area contributed by atoms with Gasteiger partial charge in [0, 0.05) is 10.3 Å². The molecule has 3 aromatic carbocycles. The van der Waals surface area contributed by atoms with Gasteiger partial charge < -0.3 is 10.5 Å². The normalized spacial score (nSPS) is 11.0. The average Bonchev–Trinajstić information content (AvgIpc) is 3.17. The van der Waals surface area contributed by atoms with E-state index in [1.54, 1.807) is 11.8 Å². The molecular formula is C21H18N4O4S. The van der Waals surface area contributed by atoms with E-state index >= 15 is 0 Å². The van der Waals surface area contributed by atoms with Crippen LogP contribution in [0, 0.1) is 0 Å². The van der Waals surface area contributed by atoms with E-state index in [1.165, 1.54) is 0 Å². The SMILES string of the molecule is COc1cccc(-c2ccc3c(C(N)=O)nn(-c4ccc(SOON)cc4)c3c2)c1. The molecule has 0 unspecified atom stereocenters. The van der Waals surface area contributed by atoms with Crippen molar-refractivity contribution >= 4 is 28.9 Å². The zero-order valence-corrected chi connectivity index (χ0v) is 16.8. The van der Waals surface area contributed by atoms with Crippen LogP contribution in [0.3, 0.4) is 0 Å². The molecule has 30 heavy (non-hydrogen) atoms. The Morgan fingerprint density at radius 3 is 2.50 bits per heavy atom. The number of primary amides is 1. The number of amides is 1. The number of methoxy groups -OCH3 is 1. The van der Waals surface area contributed by atoms with Gasteiger partial charge >= 0.3 is 0 Å². The summed E-state index contributed by atoms with van der Waals surface area (Å²) >= 11 is 0.978. The van der Waals surface area contributed by atoms with E-state index in [2.05, 4.69) is 14.4 Å². The minimum atomic E-state index is -0.589. The number of benzene rings is 3. The van der Waals surface area contributed by atoms with Gasteiger partial charge in [-0.1, -0.05) is 18.2 Å². The molecule has 1 aromatic heterocycles. The summed E-state index contributed by atoms with van der Waals surface area (Å²) in [5.41, 5.74) is 9.22. The molecule has 1 amide bonds. The van der Waals surface area contributed by atoms with Crippen molar-refractivity contribution in [3.05, 3.63) is 72.4 Å². The summed E-state index contributed by atoms with van der Waals surface area (Å²) in [6.07, 6.45) is 0. The van der Waals surface area contributed by atoms with E-state index in [9.17, 15) is 4.79 Å². The van der Waals surface area contributed by atoms with E-state index in [1.807, 2.05) is 66.7 Å². The number of carbonyl (C=O) groups is 1. The lowest BCUT2D eigenvalue weighted by atomic mass is 10.0. The molecule has 0 aliphatic carbocycles. The molecular weight excluding hydrogens is 404 g/mol. The van der Waals surface area contributed by atoms with Crippen LogP contribution in [0.25, 0.3) is 27.7 Å². The standard InChI is InChI=1S/C21H18N4O4S/c1-27-16-4-2-3-13(11-16)14-5-10-18-19(12-14)25(24-20(18)21(22)26)15-6-8-17(9-7-15)30-29-28-23/h2-12H,23H2,1H3,(H2,22,26). The highest BCUT2D eigenvalue weighted by Crippen LogP contribution is 2.30. The largest absolute Gasteiger partial charge is 0.497 e. The third-order valence-electron chi connectivity index (χ3n) is 4.57. The van der Waals surface area contributed by atoms with Gasteiger partial charge in [-0.15, -0.1) is 9.32 Å². The number of ether oxygens (including phenoxy) is 1. The topological polar surface area (TPSA) is 115 Å². The lowest BCUT2D eigenvalue weighted by molar-refractivity contribution is -0.195. The lowest BCUT2D eigenvalue weighted by Crippen LogP contribution is -2.12. The molecule has 4 N–H and O–H groups in total. The first-order valence-electron chi connectivity index (χ1n) is 8.88. The second-order valence-corrected chi connectivity index (χ2v) is 7.10. The van der Waals surface area contributed by atoms with E-state index in [4.69, 9.17) is 16.4 Å². The van der Waals surface area contributed by atoms with Crippen molar-refractivity contribution < 1.29 is 18.9 Å². The zero-order valence-electron chi connectivity index (χ0n) is 15.9. The minimum Gasteiger partial charge on any atom is -0.497 e. The van der Waals surface area contributed by atoms with Gasteiger partial charge in [0.1, 0.15) is 5.75 Å². The molecule has 0 aliphatic rings. The monoisotopic (exact) mass is 422 g/mol. The summed E-state index contributed by atoms with van der Waals surface area (Å²) in [7, 11) is 1.63. The summed E-state index contributed by atoms with van der Waals surface area (Å²) in [5, 5.41) is 5.13. The van der Waals surface area contributed by atoms with Crippen molar-refractivity contribution in [1.82, 2.24) is 9.78 Å². The van der Waals surface area contributed by atoms with Gasteiger partial charge in [-0.3, -0.25) is 4.79 Å². The molecule has 0 spiro atoms. The maximum atomic E-state index is 12.0. The molecule has 4 aromatic rings. The van der Waals surface area contributed by atoms with Crippen molar-refractivity contribution in [2.45, 2.75) is 4.90 Å². The van der Waals surface area contributed by atoms with Crippen LogP contribution >= 0.6 is 12.0 Å². The van der Waals surface area contributed by atoms with Crippen LogP contribution in [0.1, 0.15) is 10.5 Å². The fraction of sp³-hybridized carbons (Fsp3) is 0.0476. The van der Waals surface area contributed by atoms with Gasteiger partial charge in [-0.2, -0.15) is 11.0 Å². The maximum absolute atomic E-state index is 12.0. The maximum Gasteiger partial charge on any atom is 0.269 e. The summed E-state index contributed by atoms with van der Waals surface area (Å²) in [5.74, 6) is 5.03. The molecule has 4 rings (SSSR count).